The summed E-state index contributed by atoms with van der Waals surface area (Å²) in [6.45, 7) is 6.35. The molecule has 4 heteroatoms. The molecule has 1 fully saturated rings. The summed E-state index contributed by atoms with van der Waals surface area (Å²) >= 11 is 0. The van der Waals surface area contributed by atoms with Gasteiger partial charge in [0, 0.05) is 6.04 Å². The molecule has 0 aromatic heterocycles. The molecule has 20 heavy (non-hydrogen) atoms. The number of carbonyl (C=O) groups excluding carboxylic acids is 2. The molecule has 1 aliphatic heterocycles. The van der Waals surface area contributed by atoms with Crippen LogP contribution in [0.3, 0.4) is 0 Å². The van der Waals surface area contributed by atoms with Crippen molar-refractivity contribution in [3.8, 4) is 0 Å². The van der Waals surface area contributed by atoms with Crippen LogP contribution >= 0.6 is 0 Å². The Bertz CT molecular complexity index is 487. The van der Waals surface area contributed by atoms with Gasteiger partial charge in [0.15, 0.2) is 0 Å². The Balaban J connectivity index is 2.37. The van der Waals surface area contributed by atoms with Crippen molar-refractivity contribution < 1.29 is 9.59 Å². The molecule has 0 saturated carbocycles. The average Bonchev–Trinajstić information content (AvgIpc) is 2.48. The first-order chi connectivity index (χ1) is 9.56. The van der Waals surface area contributed by atoms with E-state index in [-0.39, 0.29) is 24.4 Å². The molecule has 3 unspecified atom stereocenters. The predicted octanol–water partition coefficient (Wildman–Crippen LogP) is 2.12. The molecule has 1 aromatic carbocycles. The largest absolute Gasteiger partial charge is 0.345 e. The topological polar surface area (TPSA) is 49.4 Å². The van der Waals surface area contributed by atoms with E-state index in [0.29, 0.717) is 5.92 Å². The van der Waals surface area contributed by atoms with Crippen molar-refractivity contribution in [1.29, 1.82) is 0 Å². The molecule has 1 aromatic rings. The van der Waals surface area contributed by atoms with Crippen LogP contribution in [-0.4, -0.2) is 29.3 Å². The highest BCUT2D eigenvalue weighted by Gasteiger charge is 2.39. The minimum absolute atomic E-state index is 0.00810. The molecular weight excluding hydrogens is 252 g/mol. The fourth-order valence-corrected chi connectivity index (χ4v) is 2.65. The van der Waals surface area contributed by atoms with Crippen LogP contribution in [0.4, 0.5) is 0 Å². The number of hydrogen-bond donors (Lipinski definition) is 1. The third-order valence-electron chi connectivity index (χ3n) is 4.25. The molecule has 2 rings (SSSR count). The van der Waals surface area contributed by atoms with Gasteiger partial charge in [0.1, 0.15) is 6.04 Å². The first kappa shape index (κ1) is 14.6. The van der Waals surface area contributed by atoms with E-state index in [1.807, 2.05) is 37.3 Å². The zero-order valence-corrected chi connectivity index (χ0v) is 12.3. The summed E-state index contributed by atoms with van der Waals surface area (Å²) in [5, 5.41) is 2.69. The van der Waals surface area contributed by atoms with E-state index >= 15 is 0 Å². The van der Waals surface area contributed by atoms with Crippen LogP contribution in [0.15, 0.2) is 30.3 Å². The van der Waals surface area contributed by atoms with Crippen LogP contribution in [0.1, 0.15) is 38.8 Å². The number of nitrogens with one attached hydrogen (secondary N) is 1. The smallest absolute Gasteiger partial charge is 0.247 e. The molecule has 0 radical (unpaired) electrons. The second kappa shape index (κ2) is 6.07. The van der Waals surface area contributed by atoms with Gasteiger partial charge in [-0.1, -0.05) is 50.6 Å². The summed E-state index contributed by atoms with van der Waals surface area (Å²) in [7, 11) is 0. The first-order valence-corrected chi connectivity index (χ1v) is 7.20. The lowest BCUT2D eigenvalue weighted by Gasteiger charge is -2.41. The van der Waals surface area contributed by atoms with Crippen LogP contribution in [0.25, 0.3) is 0 Å². The van der Waals surface area contributed by atoms with Crippen molar-refractivity contribution in [2.24, 2.45) is 5.92 Å². The summed E-state index contributed by atoms with van der Waals surface area (Å²) < 4.78 is 0. The molecule has 0 spiro atoms. The van der Waals surface area contributed by atoms with Crippen molar-refractivity contribution in [2.45, 2.75) is 39.3 Å². The zero-order valence-electron chi connectivity index (χ0n) is 12.3. The normalized spacial score (nSPS) is 22.4. The molecule has 1 saturated heterocycles. The minimum Gasteiger partial charge on any atom is -0.345 e. The molecule has 1 aliphatic rings. The lowest BCUT2D eigenvalue weighted by Crippen LogP contribution is -2.57. The number of carbonyl (C=O) groups is 2. The second-order valence-corrected chi connectivity index (χ2v) is 5.46. The van der Waals surface area contributed by atoms with Gasteiger partial charge in [-0.15, -0.1) is 0 Å². The van der Waals surface area contributed by atoms with Crippen molar-refractivity contribution >= 4 is 11.8 Å². The molecule has 2 amide bonds. The van der Waals surface area contributed by atoms with E-state index in [1.54, 1.807) is 4.90 Å². The monoisotopic (exact) mass is 274 g/mol. The van der Waals surface area contributed by atoms with Gasteiger partial charge >= 0.3 is 0 Å². The molecule has 4 nitrogen and oxygen atoms in total. The summed E-state index contributed by atoms with van der Waals surface area (Å²) in [5.41, 5.74) is 0.869. The second-order valence-electron chi connectivity index (χ2n) is 5.46. The van der Waals surface area contributed by atoms with Gasteiger partial charge in [0.2, 0.25) is 11.8 Å². The number of piperazine rings is 1. The van der Waals surface area contributed by atoms with Crippen LogP contribution in [0.2, 0.25) is 0 Å². The molecule has 0 aliphatic carbocycles. The Labute approximate surface area is 120 Å². The SMILES string of the molecule is CCC(C)C(C)N1C(=O)CNC(=O)C1c1ccccc1. The summed E-state index contributed by atoms with van der Waals surface area (Å²) in [5.74, 6) is 0.258. The average molecular weight is 274 g/mol. The van der Waals surface area contributed by atoms with Gasteiger partial charge in [-0.3, -0.25) is 9.59 Å². The van der Waals surface area contributed by atoms with Gasteiger partial charge in [-0.05, 0) is 18.4 Å². The van der Waals surface area contributed by atoms with Crippen molar-refractivity contribution in [3.63, 3.8) is 0 Å². The van der Waals surface area contributed by atoms with Gasteiger partial charge < -0.3 is 10.2 Å². The van der Waals surface area contributed by atoms with Crippen molar-refractivity contribution in [1.82, 2.24) is 10.2 Å². The van der Waals surface area contributed by atoms with E-state index in [0.717, 1.165) is 12.0 Å². The van der Waals surface area contributed by atoms with E-state index in [2.05, 4.69) is 19.2 Å². The standard InChI is InChI=1S/C16H22N2O2/c1-4-11(2)12(3)18-14(19)10-17-16(20)15(18)13-8-6-5-7-9-13/h5-9,11-12,15H,4,10H2,1-3H3,(H,17,20). The number of rotatable bonds is 4. The number of benzene rings is 1. The van der Waals surface area contributed by atoms with E-state index in [4.69, 9.17) is 0 Å². The quantitative estimate of drug-likeness (QED) is 0.914. The molecule has 0 bridgehead atoms. The highest BCUT2D eigenvalue weighted by atomic mass is 16.2. The lowest BCUT2D eigenvalue weighted by atomic mass is 9.93. The van der Waals surface area contributed by atoms with E-state index < -0.39 is 6.04 Å². The summed E-state index contributed by atoms with van der Waals surface area (Å²) in [6.07, 6.45) is 0.980. The van der Waals surface area contributed by atoms with Gasteiger partial charge in [0.05, 0.1) is 6.54 Å². The molecule has 108 valence electrons. The van der Waals surface area contributed by atoms with Crippen LogP contribution < -0.4 is 5.32 Å². The fraction of sp³-hybridized carbons (Fsp3) is 0.500. The molecule has 1 heterocycles. The maximum atomic E-state index is 12.3. The third-order valence-corrected chi connectivity index (χ3v) is 4.25. The minimum atomic E-state index is -0.513. The maximum absolute atomic E-state index is 12.3. The first-order valence-electron chi connectivity index (χ1n) is 7.20. The van der Waals surface area contributed by atoms with Gasteiger partial charge in [-0.25, -0.2) is 0 Å². The Hall–Kier alpha value is -1.84. The molecule has 1 N–H and O–H groups in total. The van der Waals surface area contributed by atoms with Gasteiger partial charge in [0.25, 0.3) is 0 Å². The molecule has 3 atom stereocenters. The number of hydrogen-bond acceptors (Lipinski definition) is 2. The highest BCUT2D eigenvalue weighted by molar-refractivity contribution is 5.95. The highest BCUT2D eigenvalue weighted by Crippen LogP contribution is 2.29. The number of nitrogens with zero attached hydrogens (tertiary/aromatic N) is 1. The number of amides is 2. The lowest BCUT2D eigenvalue weighted by molar-refractivity contribution is -0.149. The summed E-state index contributed by atoms with van der Waals surface area (Å²) in [6, 6.07) is 9.04. The van der Waals surface area contributed by atoms with Crippen LogP contribution in [0, 0.1) is 5.92 Å². The van der Waals surface area contributed by atoms with E-state index in [9.17, 15) is 9.59 Å². The van der Waals surface area contributed by atoms with E-state index in [1.165, 1.54) is 0 Å². The third kappa shape index (κ3) is 2.69. The van der Waals surface area contributed by atoms with Crippen molar-refractivity contribution in [3.05, 3.63) is 35.9 Å². The van der Waals surface area contributed by atoms with Crippen molar-refractivity contribution in [2.75, 3.05) is 6.54 Å². The Kier molecular flexibility index (Phi) is 4.42. The predicted molar refractivity (Wildman–Crippen MR) is 78.0 cm³/mol. The zero-order chi connectivity index (χ0) is 14.7. The molecular formula is C16H22N2O2. The van der Waals surface area contributed by atoms with Crippen LogP contribution in [0.5, 0.6) is 0 Å². The fourth-order valence-electron chi connectivity index (χ4n) is 2.65. The Morgan fingerprint density at radius 2 is 1.90 bits per heavy atom. The summed E-state index contributed by atoms with van der Waals surface area (Å²) in [4.78, 5) is 26.3. The van der Waals surface area contributed by atoms with Gasteiger partial charge in [-0.2, -0.15) is 0 Å². The van der Waals surface area contributed by atoms with Crippen LogP contribution in [-0.2, 0) is 9.59 Å². The Morgan fingerprint density at radius 3 is 2.50 bits per heavy atom. The Morgan fingerprint density at radius 1 is 1.25 bits per heavy atom. The maximum Gasteiger partial charge on any atom is 0.247 e.